The zero-order valence-electron chi connectivity index (χ0n) is 16.6. The highest BCUT2D eigenvalue weighted by Gasteiger charge is 2.00. The minimum Gasteiger partial charge on any atom is -0.497 e. The summed E-state index contributed by atoms with van der Waals surface area (Å²) in [6.07, 6.45) is 16.4. The second kappa shape index (κ2) is 15.4. The number of methoxy groups -OCH3 is 1. The van der Waals surface area contributed by atoms with Gasteiger partial charge < -0.3 is 4.74 Å². The van der Waals surface area contributed by atoms with Crippen LogP contribution in [0.2, 0.25) is 0 Å². The highest BCUT2D eigenvalue weighted by atomic mass is 16.5. The first-order valence-electron chi connectivity index (χ1n) is 10.2. The molecule has 4 heteroatoms. The molecule has 0 aliphatic rings. The Hall–Kier alpha value is -1.84. The highest BCUT2D eigenvalue weighted by Crippen LogP contribution is 2.12. The number of ether oxygens (including phenoxy) is 1. The molecule has 0 atom stereocenters. The van der Waals surface area contributed by atoms with Crippen molar-refractivity contribution in [2.24, 2.45) is 5.10 Å². The van der Waals surface area contributed by atoms with Gasteiger partial charge in [-0.05, 0) is 24.1 Å². The summed E-state index contributed by atoms with van der Waals surface area (Å²) in [4.78, 5) is 11.8. The Labute approximate surface area is 159 Å². The topological polar surface area (TPSA) is 50.7 Å². The number of nitrogens with one attached hydrogen (secondary N) is 1. The summed E-state index contributed by atoms with van der Waals surface area (Å²) in [7, 11) is 1.63. The van der Waals surface area contributed by atoms with Crippen LogP contribution >= 0.6 is 0 Å². The van der Waals surface area contributed by atoms with E-state index >= 15 is 0 Å². The number of hydrogen-bond acceptors (Lipinski definition) is 3. The number of benzene rings is 1. The summed E-state index contributed by atoms with van der Waals surface area (Å²) in [5.74, 6) is 0.765. The molecule has 0 aliphatic heterocycles. The fourth-order valence-electron chi connectivity index (χ4n) is 2.91. The molecule has 146 valence electrons. The summed E-state index contributed by atoms with van der Waals surface area (Å²) in [6, 6.07) is 7.57. The minimum atomic E-state index is -0.0138. The molecule has 1 amide bonds. The van der Waals surface area contributed by atoms with Gasteiger partial charge in [-0.2, -0.15) is 5.10 Å². The fourth-order valence-corrected chi connectivity index (χ4v) is 2.91. The van der Waals surface area contributed by atoms with Crippen molar-refractivity contribution in [3.05, 3.63) is 29.8 Å². The molecule has 4 nitrogen and oxygen atoms in total. The van der Waals surface area contributed by atoms with E-state index in [-0.39, 0.29) is 5.91 Å². The van der Waals surface area contributed by atoms with Crippen molar-refractivity contribution in [2.45, 2.75) is 84.0 Å². The number of amides is 1. The molecular formula is C22H36N2O2. The summed E-state index contributed by atoms with van der Waals surface area (Å²) in [6.45, 7) is 2.26. The van der Waals surface area contributed by atoms with Crippen LogP contribution in [0, 0.1) is 0 Å². The molecule has 1 rings (SSSR count). The molecule has 0 heterocycles. The van der Waals surface area contributed by atoms with Crippen molar-refractivity contribution in [1.29, 1.82) is 0 Å². The predicted molar refractivity (Wildman–Crippen MR) is 110 cm³/mol. The average Bonchev–Trinajstić information content (AvgIpc) is 2.66. The number of carbonyl (C=O) groups excluding carboxylic acids is 1. The van der Waals surface area contributed by atoms with Crippen molar-refractivity contribution >= 4 is 12.1 Å². The van der Waals surface area contributed by atoms with E-state index in [2.05, 4.69) is 17.5 Å². The predicted octanol–water partition coefficient (Wildman–Crippen LogP) is 5.85. The van der Waals surface area contributed by atoms with Gasteiger partial charge in [-0.15, -0.1) is 0 Å². The molecule has 0 aliphatic carbocycles. The SMILES string of the molecule is CCCCCCCCCCCCCC(=O)NN=Cc1cccc(OC)c1. The summed E-state index contributed by atoms with van der Waals surface area (Å²) >= 11 is 0. The molecule has 0 fully saturated rings. The van der Waals surface area contributed by atoms with Gasteiger partial charge in [0.05, 0.1) is 13.3 Å². The monoisotopic (exact) mass is 360 g/mol. The maximum absolute atomic E-state index is 11.8. The van der Waals surface area contributed by atoms with Crippen LogP contribution in [-0.2, 0) is 4.79 Å². The summed E-state index contributed by atoms with van der Waals surface area (Å²) < 4.78 is 5.16. The first-order chi connectivity index (χ1) is 12.8. The molecule has 0 saturated heterocycles. The standard InChI is InChI=1S/C22H36N2O2/c1-3-4-5-6-7-8-9-10-11-12-13-17-22(25)24-23-19-20-15-14-16-21(18-20)26-2/h14-16,18-19H,3-13,17H2,1-2H3,(H,24,25). The van der Waals surface area contributed by atoms with Crippen LogP contribution in [-0.4, -0.2) is 19.2 Å². The summed E-state index contributed by atoms with van der Waals surface area (Å²) in [5.41, 5.74) is 3.50. The Bertz CT molecular complexity index is 515. The van der Waals surface area contributed by atoms with E-state index in [4.69, 9.17) is 4.74 Å². The van der Waals surface area contributed by atoms with E-state index in [9.17, 15) is 4.79 Å². The van der Waals surface area contributed by atoms with Crippen LogP contribution in [0.15, 0.2) is 29.4 Å². The molecule has 0 unspecified atom stereocenters. The van der Waals surface area contributed by atoms with E-state index in [1.165, 1.54) is 57.8 Å². The molecular weight excluding hydrogens is 324 g/mol. The van der Waals surface area contributed by atoms with E-state index in [0.29, 0.717) is 6.42 Å². The van der Waals surface area contributed by atoms with Crippen molar-refractivity contribution in [3.8, 4) is 5.75 Å². The Morgan fingerprint density at radius 1 is 1.00 bits per heavy atom. The lowest BCUT2D eigenvalue weighted by Crippen LogP contribution is -2.16. The quantitative estimate of drug-likeness (QED) is 0.242. The van der Waals surface area contributed by atoms with Gasteiger partial charge in [0.25, 0.3) is 0 Å². The van der Waals surface area contributed by atoms with Gasteiger partial charge in [0.1, 0.15) is 5.75 Å². The second-order valence-corrected chi connectivity index (χ2v) is 6.86. The Kier molecular flexibility index (Phi) is 13.2. The lowest BCUT2D eigenvalue weighted by atomic mass is 10.1. The Morgan fingerprint density at radius 2 is 1.62 bits per heavy atom. The Balaban J connectivity index is 1.97. The van der Waals surface area contributed by atoms with Crippen molar-refractivity contribution in [3.63, 3.8) is 0 Å². The van der Waals surface area contributed by atoms with Gasteiger partial charge in [-0.3, -0.25) is 4.79 Å². The number of hydrazone groups is 1. The highest BCUT2D eigenvalue weighted by molar-refractivity contribution is 5.82. The van der Waals surface area contributed by atoms with E-state index < -0.39 is 0 Å². The third-order valence-electron chi connectivity index (χ3n) is 4.50. The smallest absolute Gasteiger partial charge is 0.240 e. The molecule has 0 saturated carbocycles. The zero-order chi connectivity index (χ0) is 18.9. The normalized spacial score (nSPS) is 11.0. The average molecular weight is 361 g/mol. The number of rotatable bonds is 15. The van der Waals surface area contributed by atoms with Crippen LogP contribution < -0.4 is 10.2 Å². The number of nitrogens with zero attached hydrogens (tertiary/aromatic N) is 1. The van der Waals surface area contributed by atoms with Gasteiger partial charge in [0.2, 0.25) is 5.91 Å². The maximum Gasteiger partial charge on any atom is 0.240 e. The lowest BCUT2D eigenvalue weighted by Gasteiger charge is -2.03. The largest absolute Gasteiger partial charge is 0.497 e. The third-order valence-corrected chi connectivity index (χ3v) is 4.50. The maximum atomic E-state index is 11.8. The van der Waals surface area contributed by atoms with Gasteiger partial charge >= 0.3 is 0 Å². The molecule has 26 heavy (non-hydrogen) atoms. The second-order valence-electron chi connectivity index (χ2n) is 6.86. The van der Waals surface area contributed by atoms with E-state index in [1.54, 1.807) is 13.3 Å². The van der Waals surface area contributed by atoms with Gasteiger partial charge in [-0.25, -0.2) is 5.43 Å². The van der Waals surface area contributed by atoms with Crippen LogP contribution in [0.1, 0.15) is 89.5 Å². The van der Waals surface area contributed by atoms with Crippen LogP contribution in [0.4, 0.5) is 0 Å². The van der Waals surface area contributed by atoms with Gasteiger partial charge in [-0.1, -0.05) is 83.3 Å². The van der Waals surface area contributed by atoms with Crippen molar-refractivity contribution < 1.29 is 9.53 Å². The van der Waals surface area contributed by atoms with Gasteiger partial charge in [0, 0.05) is 6.42 Å². The van der Waals surface area contributed by atoms with Crippen molar-refractivity contribution in [2.75, 3.05) is 7.11 Å². The summed E-state index contributed by atoms with van der Waals surface area (Å²) in [5, 5.41) is 4.01. The van der Waals surface area contributed by atoms with Gasteiger partial charge in [0.15, 0.2) is 0 Å². The number of unbranched alkanes of at least 4 members (excludes halogenated alkanes) is 10. The Morgan fingerprint density at radius 3 is 2.23 bits per heavy atom. The van der Waals surface area contributed by atoms with Crippen LogP contribution in [0.25, 0.3) is 0 Å². The molecule has 0 aromatic heterocycles. The zero-order valence-corrected chi connectivity index (χ0v) is 16.6. The number of hydrogen-bond donors (Lipinski definition) is 1. The molecule has 1 N–H and O–H groups in total. The lowest BCUT2D eigenvalue weighted by molar-refractivity contribution is -0.121. The third kappa shape index (κ3) is 11.7. The minimum absolute atomic E-state index is 0.0138. The number of carbonyl (C=O) groups is 1. The van der Waals surface area contributed by atoms with E-state index in [0.717, 1.165) is 24.2 Å². The fraction of sp³-hybridized carbons (Fsp3) is 0.636. The molecule has 1 aromatic carbocycles. The van der Waals surface area contributed by atoms with Crippen LogP contribution in [0.5, 0.6) is 5.75 Å². The van der Waals surface area contributed by atoms with E-state index in [1.807, 2.05) is 24.3 Å². The molecule has 0 bridgehead atoms. The molecule has 0 radical (unpaired) electrons. The van der Waals surface area contributed by atoms with Crippen molar-refractivity contribution in [1.82, 2.24) is 5.43 Å². The van der Waals surface area contributed by atoms with Crippen LogP contribution in [0.3, 0.4) is 0 Å². The first-order valence-corrected chi connectivity index (χ1v) is 10.2. The first kappa shape index (κ1) is 22.2. The molecule has 0 spiro atoms. The molecule has 1 aromatic rings.